The Morgan fingerprint density at radius 3 is 3.00 bits per heavy atom. The van der Waals surface area contributed by atoms with E-state index < -0.39 is 0 Å². The minimum absolute atomic E-state index is 0.249. The van der Waals surface area contributed by atoms with Crippen LogP contribution in [0.15, 0.2) is 12.4 Å². The van der Waals surface area contributed by atoms with Gasteiger partial charge < -0.3 is 15.0 Å². The predicted molar refractivity (Wildman–Crippen MR) is 67.9 cm³/mol. The van der Waals surface area contributed by atoms with Gasteiger partial charge in [0.1, 0.15) is 5.82 Å². The fourth-order valence-corrected chi connectivity index (χ4v) is 2.52. The maximum atomic E-state index is 5.72. The third-order valence-electron chi connectivity index (χ3n) is 3.85. The van der Waals surface area contributed by atoms with Gasteiger partial charge in [0.2, 0.25) is 0 Å². The van der Waals surface area contributed by atoms with Gasteiger partial charge in [-0.3, -0.25) is 0 Å². The number of rotatable bonds is 6. The molecule has 1 saturated carbocycles. The van der Waals surface area contributed by atoms with Gasteiger partial charge in [0.25, 0.3) is 0 Å². The lowest BCUT2D eigenvalue weighted by molar-refractivity contribution is -0.113. The van der Waals surface area contributed by atoms with Crippen LogP contribution < -0.4 is 5.32 Å². The molecule has 0 saturated heterocycles. The lowest BCUT2D eigenvalue weighted by atomic mass is 9.64. The largest absolute Gasteiger partial charge is 0.378 e. The van der Waals surface area contributed by atoms with E-state index in [2.05, 4.69) is 36.1 Å². The maximum absolute atomic E-state index is 5.72. The summed E-state index contributed by atoms with van der Waals surface area (Å²) in [5.41, 5.74) is 0.249. The summed E-state index contributed by atoms with van der Waals surface area (Å²) in [4.78, 5) is 7.34. The third-order valence-corrected chi connectivity index (χ3v) is 3.85. The number of aromatic nitrogens is 2. The van der Waals surface area contributed by atoms with Crippen LogP contribution in [-0.4, -0.2) is 35.3 Å². The van der Waals surface area contributed by atoms with Gasteiger partial charge in [-0.05, 0) is 13.3 Å². The predicted octanol–water partition coefficient (Wildman–Crippen LogP) is 1.75. The number of nitrogens with zero attached hydrogens (tertiary/aromatic N) is 1. The average molecular weight is 237 g/mol. The van der Waals surface area contributed by atoms with Crippen LogP contribution in [0.1, 0.15) is 33.0 Å². The molecule has 0 spiro atoms. The van der Waals surface area contributed by atoms with Crippen molar-refractivity contribution < 1.29 is 4.74 Å². The van der Waals surface area contributed by atoms with Crippen LogP contribution in [-0.2, 0) is 11.2 Å². The third kappa shape index (κ3) is 2.69. The Bertz CT molecular complexity index is 334. The second kappa shape index (κ2) is 5.19. The van der Waals surface area contributed by atoms with Crippen molar-refractivity contribution in [3.8, 4) is 0 Å². The van der Waals surface area contributed by atoms with E-state index in [1.807, 2.05) is 6.20 Å². The Kier molecular flexibility index (Phi) is 3.84. The van der Waals surface area contributed by atoms with Gasteiger partial charge in [-0.1, -0.05) is 13.8 Å². The van der Waals surface area contributed by atoms with E-state index >= 15 is 0 Å². The first-order chi connectivity index (χ1) is 8.14. The fraction of sp³-hybridized carbons (Fsp3) is 0.769. The van der Waals surface area contributed by atoms with Gasteiger partial charge in [-0.2, -0.15) is 0 Å². The summed E-state index contributed by atoms with van der Waals surface area (Å²) in [6.45, 7) is 8.41. The van der Waals surface area contributed by atoms with Gasteiger partial charge in [-0.25, -0.2) is 4.98 Å². The molecule has 0 aliphatic heterocycles. The molecule has 0 radical (unpaired) electrons. The molecule has 4 nitrogen and oxygen atoms in total. The van der Waals surface area contributed by atoms with Gasteiger partial charge in [-0.15, -0.1) is 0 Å². The Morgan fingerprint density at radius 2 is 2.41 bits per heavy atom. The number of hydrogen-bond acceptors (Lipinski definition) is 3. The first-order valence-electron chi connectivity index (χ1n) is 6.47. The Balaban J connectivity index is 1.71. The topological polar surface area (TPSA) is 49.9 Å². The molecule has 0 bridgehead atoms. The second-order valence-corrected chi connectivity index (χ2v) is 5.29. The molecule has 1 aliphatic carbocycles. The molecule has 17 heavy (non-hydrogen) atoms. The normalized spacial score (nSPS) is 26.8. The molecule has 2 rings (SSSR count). The molecule has 4 heteroatoms. The number of imidazole rings is 1. The SMILES string of the molecule is CCOC1CC(NCCc2ncc[nH]2)C1(C)C. The molecule has 0 aromatic carbocycles. The van der Waals surface area contributed by atoms with Crippen molar-refractivity contribution in [3.05, 3.63) is 18.2 Å². The molecule has 2 atom stereocenters. The summed E-state index contributed by atoms with van der Waals surface area (Å²) in [5, 5.41) is 3.60. The van der Waals surface area contributed by atoms with E-state index in [1.54, 1.807) is 6.20 Å². The maximum Gasteiger partial charge on any atom is 0.107 e. The molecule has 1 aromatic heterocycles. The van der Waals surface area contributed by atoms with Crippen LogP contribution >= 0.6 is 0 Å². The van der Waals surface area contributed by atoms with Gasteiger partial charge in [0, 0.05) is 43.4 Å². The summed E-state index contributed by atoms with van der Waals surface area (Å²) in [7, 11) is 0. The Labute approximate surface area is 103 Å². The molecular weight excluding hydrogens is 214 g/mol. The highest BCUT2D eigenvalue weighted by atomic mass is 16.5. The van der Waals surface area contributed by atoms with Crippen molar-refractivity contribution in [2.75, 3.05) is 13.2 Å². The molecular formula is C13H23N3O. The second-order valence-electron chi connectivity index (χ2n) is 5.29. The highest BCUT2D eigenvalue weighted by Gasteiger charge is 2.48. The lowest BCUT2D eigenvalue weighted by Gasteiger charge is -2.52. The summed E-state index contributed by atoms with van der Waals surface area (Å²) >= 11 is 0. The van der Waals surface area contributed by atoms with Crippen LogP contribution in [0.25, 0.3) is 0 Å². The monoisotopic (exact) mass is 237 g/mol. The fourth-order valence-electron chi connectivity index (χ4n) is 2.52. The number of hydrogen-bond donors (Lipinski definition) is 2. The van der Waals surface area contributed by atoms with Crippen LogP contribution in [0.2, 0.25) is 0 Å². The number of nitrogens with one attached hydrogen (secondary N) is 2. The zero-order chi connectivity index (χ0) is 12.3. The molecule has 1 aromatic rings. The van der Waals surface area contributed by atoms with E-state index in [9.17, 15) is 0 Å². The van der Waals surface area contributed by atoms with Crippen LogP contribution in [0.3, 0.4) is 0 Å². The minimum Gasteiger partial charge on any atom is -0.378 e. The summed E-state index contributed by atoms with van der Waals surface area (Å²) < 4.78 is 5.72. The van der Waals surface area contributed by atoms with Crippen molar-refractivity contribution >= 4 is 0 Å². The van der Waals surface area contributed by atoms with E-state index in [0.717, 1.165) is 31.8 Å². The highest BCUT2D eigenvalue weighted by molar-refractivity contribution is 5.03. The zero-order valence-electron chi connectivity index (χ0n) is 11.0. The molecule has 2 unspecified atom stereocenters. The van der Waals surface area contributed by atoms with Crippen molar-refractivity contribution in [1.29, 1.82) is 0 Å². The van der Waals surface area contributed by atoms with Gasteiger partial charge in [0.05, 0.1) is 6.10 Å². The van der Waals surface area contributed by atoms with Gasteiger partial charge >= 0.3 is 0 Å². The van der Waals surface area contributed by atoms with Gasteiger partial charge in [0.15, 0.2) is 0 Å². The molecule has 1 heterocycles. The molecule has 1 fully saturated rings. The van der Waals surface area contributed by atoms with Crippen molar-refractivity contribution in [2.24, 2.45) is 5.41 Å². The van der Waals surface area contributed by atoms with Crippen molar-refractivity contribution in [2.45, 2.75) is 45.8 Å². The van der Waals surface area contributed by atoms with Crippen molar-refractivity contribution in [1.82, 2.24) is 15.3 Å². The summed E-state index contributed by atoms with van der Waals surface area (Å²) in [6, 6.07) is 0.564. The Morgan fingerprint density at radius 1 is 1.59 bits per heavy atom. The first-order valence-corrected chi connectivity index (χ1v) is 6.47. The smallest absolute Gasteiger partial charge is 0.107 e. The highest BCUT2D eigenvalue weighted by Crippen LogP contribution is 2.42. The minimum atomic E-state index is 0.249. The first kappa shape index (κ1) is 12.6. The number of aromatic amines is 1. The van der Waals surface area contributed by atoms with Crippen LogP contribution in [0.5, 0.6) is 0 Å². The van der Waals surface area contributed by atoms with E-state index in [0.29, 0.717) is 12.1 Å². The quantitative estimate of drug-likeness (QED) is 0.792. The lowest BCUT2D eigenvalue weighted by Crippen LogP contribution is -2.61. The average Bonchev–Trinajstić information content (AvgIpc) is 2.80. The van der Waals surface area contributed by atoms with E-state index in [-0.39, 0.29) is 5.41 Å². The Hall–Kier alpha value is -0.870. The van der Waals surface area contributed by atoms with E-state index in [4.69, 9.17) is 4.74 Å². The summed E-state index contributed by atoms with van der Waals surface area (Å²) in [5.74, 6) is 1.05. The van der Waals surface area contributed by atoms with Crippen molar-refractivity contribution in [3.63, 3.8) is 0 Å². The molecule has 0 amide bonds. The zero-order valence-corrected chi connectivity index (χ0v) is 11.0. The molecule has 96 valence electrons. The number of H-pyrrole nitrogens is 1. The standard InChI is InChI=1S/C13H23N3O/c1-4-17-11-9-10(13(11,2)3)14-6-5-12-15-7-8-16-12/h7-8,10-11,14H,4-6,9H2,1-3H3,(H,15,16). The van der Waals surface area contributed by atoms with Crippen LogP contribution in [0, 0.1) is 5.41 Å². The van der Waals surface area contributed by atoms with E-state index in [1.165, 1.54) is 0 Å². The molecule has 1 aliphatic rings. The van der Waals surface area contributed by atoms with Crippen LogP contribution in [0.4, 0.5) is 0 Å². The molecule has 2 N–H and O–H groups in total. The number of ether oxygens (including phenoxy) is 1. The summed E-state index contributed by atoms with van der Waals surface area (Å²) in [6.07, 6.45) is 6.16.